The van der Waals surface area contributed by atoms with Crippen molar-refractivity contribution >= 4 is 39.7 Å². The molecular weight excluding hydrogens is 368 g/mol. The molecule has 0 fully saturated rings. The SMILES string of the molecule is Cc1cc(C(=O)N2CCCN(C)c3nc4ccccc4nc32)c2c(C)noc2n1. The van der Waals surface area contributed by atoms with E-state index in [0.717, 1.165) is 24.0 Å². The number of carbonyl (C=O) groups is 1. The molecule has 0 N–H and O–H groups in total. The Morgan fingerprint density at radius 1 is 1.03 bits per heavy atom. The minimum Gasteiger partial charge on any atom is -0.357 e. The Kier molecular flexibility index (Phi) is 3.94. The van der Waals surface area contributed by atoms with Crippen LogP contribution in [0.4, 0.5) is 11.6 Å². The summed E-state index contributed by atoms with van der Waals surface area (Å²) in [5.74, 6) is 1.14. The molecule has 3 aromatic heterocycles. The van der Waals surface area contributed by atoms with Crippen LogP contribution in [-0.4, -0.2) is 46.2 Å². The monoisotopic (exact) mass is 388 g/mol. The first kappa shape index (κ1) is 17.5. The zero-order valence-electron chi connectivity index (χ0n) is 16.5. The third-order valence-electron chi connectivity index (χ3n) is 5.25. The molecule has 1 amide bonds. The third-order valence-corrected chi connectivity index (χ3v) is 5.25. The van der Waals surface area contributed by atoms with E-state index in [9.17, 15) is 4.79 Å². The van der Waals surface area contributed by atoms with Gasteiger partial charge in [0, 0.05) is 25.8 Å². The largest absolute Gasteiger partial charge is 0.357 e. The van der Waals surface area contributed by atoms with Crippen LogP contribution in [0.1, 0.15) is 28.2 Å². The van der Waals surface area contributed by atoms with Crippen molar-refractivity contribution < 1.29 is 9.32 Å². The van der Waals surface area contributed by atoms with Gasteiger partial charge < -0.3 is 9.42 Å². The van der Waals surface area contributed by atoms with Crippen LogP contribution in [0.3, 0.4) is 0 Å². The molecule has 8 nitrogen and oxygen atoms in total. The average Bonchev–Trinajstić information content (AvgIpc) is 3.01. The summed E-state index contributed by atoms with van der Waals surface area (Å²) in [4.78, 5) is 31.5. The van der Waals surface area contributed by atoms with Gasteiger partial charge in [0.05, 0.1) is 27.7 Å². The summed E-state index contributed by atoms with van der Waals surface area (Å²) in [5, 5.41) is 4.64. The number of aryl methyl sites for hydroxylation is 2. The number of carbonyl (C=O) groups excluding carboxylic acids is 1. The minimum absolute atomic E-state index is 0.145. The molecule has 0 saturated heterocycles. The van der Waals surface area contributed by atoms with Crippen LogP contribution < -0.4 is 9.80 Å². The van der Waals surface area contributed by atoms with E-state index in [1.165, 1.54) is 0 Å². The second-order valence-electron chi connectivity index (χ2n) is 7.35. The highest BCUT2D eigenvalue weighted by Gasteiger charge is 2.30. The molecule has 0 unspecified atom stereocenters. The van der Waals surface area contributed by atoms with E-state index in [1.807, 2.05) is 45.2 Å². The van der Waals surface area contributed by atoms with Gasteiger partial charge in [0.2, 0.25) is 0 Å². The summed E-state index contributed by atoms with van der Waals surface area (Å²) in [5.41, 5.74) is 3.82. The highest BCUT2D eigenvalue weighted by molar-refractivity contribution is 6.14. The Morgan fingerprint density at radius 3 is 2.52 bits per heavy atom. The third kappa shape index (κ3) is 2.79. The molecule has 146 valence electrons. The van der Waals surface area contributed by atoms with Crippen LogP contribution in [0.2, 0.25) is 0 Å². The number of hydrogen-bond acceptors (Lipinski definition) is 7. The second-order valence-corrected chi connectivity index (χ2v) is 7.35. The van der Waals surface area contributed by atoms with Gasteiger partial charge in [-0.15, -0.1) is 0 Å². The summed E-state index contributed by atoms with van der Waals surface area (Å²) in [6.45, 7) is 5.00. The normalized spacial score (nSPS) is 14.3. The molecule has 1 aromatic carbocycles. The van der Waals surface area contributed by atoms with Crippen molar-refractivity contribution in [2.75, 3.05) is 29.9 Å². The molecule has 5 rings (SSSR count). The van der Waals surface area contributed by atoms with Crippen molar-refractivity contribution in [1.29, 1.82) is 0 Å². The molecule has 29 heavy (non-hydrogen) atoms. The van der Waals surface area contributed by atoms with E-state index >= 15 is 0 Å². The molecule has 0 spiro atoms. The Bertz CT molecular complexity index is 1260. The molecule has 8 heteroatoms. The van der Waals surface area contributed by atoms with Crippen LogP contribution in [0, 0.1) is 13.8 Å². The van der Waals surface area contributed by atoms with Crippen LogP contribution in [-0.2, 0) is 0 Å². The van der Waals surface area contributed by atoms with Crippen molar-refractivity contribution in [2.24, 2.45) is 0 Å². The number of rotatable bonds is 1. The highest BCUT2D eigenvalue weighted by atomic mass is 16.5. The summed E-state index contributed by atoms with van der Waals surface area (Å²) < 4.78 is 5.31. The van der Waals surface area contributed by atoms with E-state index < -0.39 is 0 Å². The number of fused-ring (bicyclic) bond motifs is 3. The summed E-state index contributed by atoms with van der Waals surface area (Å²) in [7, 11) is 1.98. The van der Waals surface area contributed by atoms with Gasteiger partial charge in [-0.3, -0.25) is 9.69 Å². The smallest absolute Gasteiger partial charge is 0.260 e. The number of hydrogen-bond donors (Lipinski definition) is 0. The van der Waals surface area contributed by atoms with Crippen molar-refractivity contribution in [3.63, 3.8) is 0 Å². The van der Waals surface area contributed by atoms with Crippen molar-refractivity contribution in [3.05, 3.63) is 47.3 Å². The van der Waals surface area contributed by atoms with Crippen LogP contribution in [0.25, 0.3) is 22.1 Å². The van der Waals surface area contributed by atoms with Gasteiger partial charge in [0.25, 0.3) is 11.6 Å². The van der Waals surface area contributed by atoms with Gasteiger partial charge in [0.15, 0.2) is 11.6 Å². The fourth-order valence-corrected chi connectivity index (χ4v) is 3.83. The van der Waals surface area contributed by atoms with E-state index in [1.54, 1.807) is 11.0 Å². The van der Waals surface area contributed by atoms with Crippen LogP contribution in [0.15, 0.2) is 34.9 Å². The molecule has 0 saturated carbocycles. The second kappa shape index (κ2) is 6.51. The summed E-state index contributed by atoms with van der Waals surface area (Å²) in [6, 6.07) is 9.50. The lowest BCUT2D eigenvalue weighted by molar-refractivity contribution is 0.0988. The maximum Gasteiger partial charge on any atom is 0.260 e. The lowest BCUT2D eigenvalue weighted by Gasteiger charge is -2.23. The van der Waals surface area contributed by atoms with Gasteiger partial charge >= 0.3 is 0 Å². The highest BCUT2D eigenvalue weighted by Crippen LogP contribution is 2.32. The quantitative estimate of drug-likeness (QED) is 0.494. The standard InChI is InChI=1S/C21H20N6O2/c1-12-11-14(17-13(2)25-29-20(17)22-12)21(28)27-10-6-9-26(3)18-19(27)24-16-8-5-4-7-15(16)23-18/h4-5,7-8,11H,6,9-10H2,1-3H3. The topological polar surface area (TPSA) is 88.3 Å². The zero-order valence-corrected chi connectivity index (χ0v) is 16.5. The number of nitrogens with zero attached hydrogens (tertiary/aromatic N) is 6. The van der Waals surface area contributed by atoms with Gasteiger partial charge in [0.1, 0.15) is 0 Å². The zero-order chi connectivity index (χ0) is 20.1. The fraction of sp³-hybridized carbons (Fsp3) is 0.286. The van der Waals surface area contributed by atoms with Crippen LogP contribution >= 0.6 is 0 Å². The Labute approximate surface area is 167 Å². The van der Waals surface area contributed by atoms with Gasteiger partial charge in [-0.2, -0.15) is 0 Å². The number of para-hydroxylation sites is 2. The first-order chi connectivity index (χ1) is 14.0. The first-order valence-electron chi connectivity index (χ1n) is 9.56. The molecular formula is C21H20N6O2. The summed E-state index contributed by atoms with van der Waals surface area (Å²) >= 11 is 0. The molecule has 4 aromatic rings. The maximum absolute atomic E-state index is 13.7. The number of pyridine rings is 1. The summed E-state index contributed by atoms with van der Waals surface area (Å²) in [6.07, 6.45) is 0.812. The van der Waals surface area contributed by atoms with Crippen molar-refractivity contribution in [2.45, 2.75) is 20.3 Å². The van der Waals surface area contributed by atoms with E-state index in [0.29, 0.717) is 46.2 Å². The van der Waals surface area contributed by atoms with E-state index in [4.69, 9.17) is 14.5 Å². The van der Waals surface area contributed by atoms with E-state index in [2.05, 4.69) is 15.0 Å². The minimum atomic E-state index is -0.145. The molecule has 1 aliphatic heterocycles. The van der Waals surface area contributed by atoms with Gasteiger partial charge in [-0.05, 0) is 38.5 Å². The maximum atomic E-state index is 13.7. The van der Waals surface area contributed by atoms with Crippen molar-refractivity contribution in [1.82, 2.24) is 20.1 Å². The number of aromatic nitrogens is 4. The van der Waals surface area contributed by atoms with Crippen LogP contribution in [0.5, 0.6) is 0 Å². The van der Waals surface area contributed by atoms with E-state index in [-0.39, 0.29) is 5.91 Å². The lowest BCUT2D eigenvalue weighted by Crippen LogP contribution is -2.32. The van der Waals surface area contributed by atoms with Crippen molar-refractivity contribution in [3.8, 4) is 0 Å². The Balaban J connectivity index is 1.71. The predicted octanol–water partition coefficient (Wildman–Crippen LogP) is 3.27. The predicted molar refractivity (Wildman–Crippen MR) is 110 cm³/mol. The first-order valence-corrected chi connectivity index (χ1v) is 9.56. The average molecular weight is 388 g/mol. The Hall–Kier alpha value is -3.55. The molecule has 0 bridgehead atoms. The molecule has 0 atom stereocenters. The lowest BCUT2D eigenvalue weighted by atomic mass is 10.1. The van der Waals surface area contributed by atoms with Gasteiger partial charge in [-0.1, -0.05) is 17.3 Å². The Morgan fingerprint density at radius 2 is 1.76 bits per heavy atom. The molecule has 4 heterocycles. The number of anilines is 2. The molecule has 0 aliphatic carbocycles. The molecule has 0 radical (unpaired) electrons. The van der Waals surface area contributed by atoms with Gasteiger partial charge in [-0.25, -0.2) is 15.0 Å². The number of amides is 1. The molecule has 1 aliphatic rings. The number of benzene rings is 1. The fourth-order valence-electron chi connectivity index (χ4n) is 3.83.